The summed E-state index contributed by atoms with van der Waals surface area (Å²) < 4.78 is 0. The number of piperidine rings is 1. The van der Waals surface area contributed by atoms with Crippen molar-refractivity contribution in [2.24, 2.45) is 0 Å². The van der Waals surface area contributed by atoms with Crippen molar-refractivity contribution >= 4 is 27.6 Å². The maximum atomic E-state index is 11.5. The highest BCUT2D eigenvalue weighted by atomic mass is 32.1. The predicted octanol–water partition coefficient (Wildman–Crippen LogP) is 5.05. The third-order valence-corrected chi connectivity index (χ3v) is 7.16. The van der Waals surface area contributed by atoms with E-state index in [1.807, 2.05) is 11.3 Å². The summed E-state index contributed by atoms with van der Waals surface area (Å²) >= 11 is 1.89. The molecule has 3 atom stereocenters. The van der Waals surface area contributed by atoms with E-state index in [0.717, 1.165) is 25.7 Å². The van der Waals surface area contributed by atoms with E-state index in [9.17, 15) is 9.90 Å². The highest BCUT2D eigenvalue weighted by molar-refractivity contribution is 7.19. The number of H-pyrrole nitrogens is 1. The Bertz CT molecular complexity index is 746. The van der Waals surface area contributed by atoms with Gasteiger partial charge in [-0.3, -0.25) is 0 Å². The van der Waals surface area contributed by atoms with Gasteiger partial charge in [0.05, 0.1) is 0 Å². The minimum absolute atomic E-state index is 0.223. The molecule has 2 aromatic rings. The number of aryl methyl sites for hydroxylation is 1. The van der Waals surface area contributed by atoms with E-state index < -0.39 is 6.09 Å². The normalized spacial score (nSPS) is 27.3. The number of amides is 1. The lowest BCUT2D eigenvalue weighted by Crippen LogP contribution is -2.45. The second-order valence-electron chi connectivity index (χ2n) is 7.44. The molecule has 2 saturated heterocycles. The van der Waals surface area contributed by atoms with Crippen molar-refractivity contribution in [2.45, 2.75) is 70.4 Å². The molecule has 4 heterocycles. The third-order valence-electron chi connectivity index (χ3n) is 5.78. The summed E-state index contributed by atoms with van der Waals surface area (Å²) in [5.41, 5.74) is 2.83. The molecule has 2 aromatic heterocycles. The smallest absolute Gasteiger partial charge is 0.407 e. The van der Waals surface area contributed by atoms with Crippen LogP contribution in [0.15, 0.2) is 6.20 Å². The van der Waals surface area contributed by atoms with Crippen molar-refractivity contribution in [3.63, 3.8) is 0 Å². The molecule has 0 saturated carbocycles. The molecule has 4 nitrogen and oxygen atoms in total. The van der Waals surface area contributed by atoms with Crippen LogP contribution >= 0.6 is 11.3 Å². The van der Waals surface area contributed by atoms with Gasteiger partial charge in [-0.25, -0.2) is 4.79 Å². The van der Waals surface area contributed by atoms with Crippen LogP contribution in [0.5, 0.6) is 0 Å². The zero-order chi connectivity index (χ0) is 16.3. The maximum absolute atomic E-state index is 11.5. The molecule has 0 spiro atoms. The van der Waals surface area contributed by atoms with Crippen LogP contribution in [0.2, 0.25) is 0 Å². The Labute approximate surface area is 140 Å². The highest BCUT2D eigenvalue weighted by Crippen LogP contribution is 2.48. The van der Waals surface area contributed by atoms with Gasteiger partial charge >= 0.3 is 6.09 Å². The molecule has 0 unspecified atom stereocenters. The van der Waals surface area contributed by atoms with Crippen LogP contribution in [0.4, 0.5) is 4.79 Å². The van der Waals surface area contributed by atoms with Crippen molar-refractivity contribution in [3.8, 4) is 0 Å². The fraction of sp³-hybridized carbons (Fsp3) is 0.611. The van der Waals surface area contributed by atoms with Crippen LogP contribution in [0.25, 0.3) is 10.2 Å². The molecule has 2 fully saturated rings. The number of hydrogen-bond acceptors (Lipinski definition) is 2. The minimum Gasteiger partial charge on any atom is -0.465 e. The SMILES string of the molecule is Cc1c([C@@H]2C[C@H]3CC[C@@H](C2)N3C(=O)O)sc2[nH]cc(C(C)C)c12. The maximum Gasteiger partial charge on any atom is 0.407 e. The predicted molar refractivity (Wildman–Crippen MR) is 93.7 cm³/mol. The molecule has 1 amide bonds. The molecule has 2 bridgehead atoms. The fourth-order valence-electron chi connectivity index (χ4n) is 4.74. The van der Waals surface area contributed by atoms with Crippen LogP contribution in [0, 0.1) is 6.92 Å². The van der Waals surface area contributed by atoms with Crippen molar-refractivity contribution < 1.29 is 9.90 Å². The summed E-state index contributed by atoms with van der Waals surface area (Å²) in [4.78, 5) is 19.4. The molecule has 124 valence electrons. The second-order valence-corrected chi connectivity index (χ2v) is 8.49. The fourth-order valence-corrected chi connectivity index (χ4v) is 6.07. The average Bonchev–Trinajstić information content (AvgIpc) is 3.12. The Morgan fingerprint density at radius 3 is 2.57 bits per heavy atom. The first kappa shape index (κ1) is 15.1. The quantitative estimate of drug-likeness (QED) is 0.808. The summed E-state index contributed by atoms with van der Waals surface area (Å²) in [6.45, 7) is 6.73. The lowest BCUT2D eigenvalue weighted by molar-refractivity contribution is 0.0969. The molecule has 2 N–H and O–H groups in total. The van der Waals surface area contributed by atoms with Gasteiger partial charge in [0.25, 0.3) is 0 Å². The van der Waals surface area contributed by atoms with Gasteiger partial charge in [-0.1, -0.05) is 13.8 Å². The number of thiophene rings is 1. The highest BCUT2D eigenvalue weighted by Gasteiger charge is 2.44. The first-order valence-electron chi connectivity index (χ1n) is 8.58. The number of aromatic amines is 1. The Kier molecular flexibility index (Phi) is 3.45. The molecular weight excluding hydrogens is 308 g/mol. The minimum atomic E-state index is -0.729. The molecule has 23 heavy (non-hydrogen) atoms. The standard InChI is InChI=1S/C18H24N2O2S/c1-9(2)14-8-19-17-15(14)10(3)16(23-17)11-6-12-4-5-13(7-11)20(12)18(21)22/h8-9,11-13,19H,4-7H2,1-3H3,(H,21,22)/t11-,12-,13+. The van der Waals surface area contributed by atoms with Crippen molar-refractivity contribution in [1.82, 2.24) is 9.88 Å². The van der Waals surface area contributed by atoms with Crippen molar-refractivity contribution in [3.05, 3.63) is 22.2 Å². The van der Waals surface area contributed by atoms with Gasteiger partial charge in [-0.15, -0.1) is 11.3 Å². The van der Waals surface area contributed by atoms with E-state index in [1.54, 1.807) is 4.90 Å². The van der Waals surface area contributed by atoms with E-state index >= 15 is 0 Å². The first-order valence-corrected chi connectivity index (χ1v) is 9.40. The molecular formula is C18H24N2O2S. The van der Waals surface area contributed by atoms with E-state index in [0.29, 0.717) is 11.8 Å². The van der Waals surface area contributed by atoms with Gasteiger partial charge in [0.15, 0.2) is 0 Å². The lowest BCUT2D eigenvalue weighted by atomic mass is 9.87. The molecule has 0 aliphatic carbocycles. The van der Waals surface area contributed by atoms with Crippen LogP contribution in [0.1, 0.15) is 67.4 Å². The summed E-state index contributed by atoms with van der Waals surface area (Å²) in [6, 6.07) is 0.446. The van der Waals surface area contributed by atoms with Crippen molar-refractivity contribution in [2.75, 3.05) is 0 Å². The number of nitrogens with zero attached hydrogens (tertiary/aromatic N) is 1. The molecule has 4 rings (SSSR count). The van der Waals surface area contributed by atoms with Gasteiger partial charge in [-0.05, 0) is 55.6 Å². The van der Waals surface area contributed by atoms with Gasteiger partial charge in [0.2, 0.25) is 0 Å². The molecule has 2 aliphatic rings. The van der Waals surface area contributed by atoms with E-state index in [-0.39, 0.29) is 12.1 Å². The van der Waals surface area contributed by atoms with Crippen molar-refractivity contribution in [1.29, 1.82) is 0 Å². The second kappa shape index (κ2) is 5.26. The van der Waals surface area contributed by atoms with Crippen LogP contribution in [-0.2, 0) is 0 Å². The number of rotatable bonds is 2. The molecule has 5 heteroatoms. The lowest BCUT2D eigenvalue weighted by Gasteiger charge is -2.37. The topological polar surface area (TPSA) is 56.3 Å². The Morgan fingerprint density at radius 2 is 2.00 bits per heavy atom. The van der Waals surface area contributed by atoms with E-state index in [1.165, 1.54) is 26.2 Å². The first-order chi connectivity index (χ1) is 11.0. The van der Waals surface area contributed by atoms with Gasteiger partial charge in [0, 0.05) is 28.5 Å². The molecule has 0 aromatic carbocycles. The summed E-state index contributed by atoms with van der Waals surface area (Å²) in [5, 5.41) is 10.8. The van der Waals surface area contributed by atoms with E-state index in [4.69, 9.17) is 0 Å². The van der Waals surface area contributed by atoms with Gasteiger partial charge < -0.3 is 15.0 Å². The number of nitrogens with one attached hydrogen (secondary N) is 1. The number of carbonyl (C=O) groups is 1. The Morgan fingerprint density at radius 1 is 1.35 bits per heavy atom. The molecule has 0 radical (unpaired) electrons. The monoisotopic (exact) mass is 332 g/mol. The largest absolute Gasteiger partial charge is 0.465 e. The van der Waals surface area contributed by atoms with Crippen LogP contribution in [-0.4, -0.2) is 33.2 Å². The zero-order valence-electron chi connectivity index (χ0n) is 13.9. The van der Waals surface area contributed by atoms with Gasteiger partial charge in [0.1, 0.15) is 4.83 Å². The summed E-state index contributed by atoms with van der Waals surface area (Å²) in [5.74, 6) is 1.05. The van der Waals surface area contributed by atoms with E-state index in [2.05, 4.69) is 32.0 Å². The summed E-state index contributed by atoms with van der Waals surface area (Å²) in [7, 11) is 0. The third kappa shape index (κ3) is 2.20. The zero-order valence-corrected chi connectivity index (χ0v) is 14.7. The Hall–Kier alpha value is -1.49. The number of carboxylic acid groups (broad SMARTS) is 1. The van der Waals surface area contributed by atoms with Crippen LogP contribution < -0.4 is 0 Å². The average molecular weight is 332 g/mol. The Balaban J connectivity index is 1.69. The number of fused-ring (bicyclic) bond motifs is 3. The number of aromatic nitrogens is 1. The molecule has 2 aliphatic heterocycles. The van der Waals surface area contributed by atoms with Gasteiger partial charge in [-0.2, -0.15) is 0 Å². The van der Waals surface area contributed by atoms with Crippen LogP contribution in [0.3, 0.4) is 0 Å². The number of hydrogen-bond donors (Lipinski definition) is 2. The summed E-state index contributed by atoms with van der Waals surface area (Å²) in [6.07, 6.45) is 5.47.